The minimum atomic E-state index is -0.197. The number of carbonyl (C=O) groups is 1. The molecule has 0 aliphatic carbocycles. The second-order valence-corrected chi connectivity index (χ2v) is 6.21. The number of carbonyl (C=O) groups excluding carboxylic acids is 1. The number of rotatable bonds is 7. The molecule has 5 nitrogen and oxygen atoms in total. The van der Waals surface area contributed by atoms with Crippen molar-refractivity contribution in [2.24, 2.45) is 0 Å². The first-order valence-corrected chi connectivity index (χ1v) is 8.12. The van der Waals surface area contributed by atoms with Gasteiger partial charge in [-0.25, -0.2) is 0 Å². The van der Waals surface area contributed by atoms with Crippen molar-refractivity contribution in [2.75, 3.05) is 33.4 Å². The Labute approximate surface area is 132 Å². The van der Waals surface area contributed by atoms with Crippen LogP contribution in [0, 0.1) is 13.8 Å². The molecule has 22 heavy (non-hydrogen) atoms. The van der Waals surface area contributed by atoms with Crippen LogP contribution in [0.15, 0.2) is 6.07 Å². The number of hydrogen-bond donors (Lipinski definition) is 1. The minimum absolute atomic E-state index is 0.183. The molecule has 2 rings (SSSR count). The molecule has 5 heteroatoms. The van der Waals surface area contributed by atoms with E-state index < -0.39 is 0 Å². The van der Waals surface area contributed by atoms with Gasteiger partial charge in [0.05, 0.1) is 12.6 Å². The van der Waals surface area contributed by atoms with Gasteiger partial charge >= 0.3 is 0 Å². The molecular formula is C17H28N2O3. The fourth-order valence-corrected chi connectivity index (χ4v) is 3.16. The number of aliphatic hydroxyl groups is 1. The SMILES string of the molecule is COCCCn1c(C)cc(C(=O)CN2CCC(O)CC2)c1C. The summed E-state index contributed by atoms with van der Waals surface area (Å²) >= 11 is 0. The number of Topliss-reactive ketones (excluding diaryl/α,β-unsaturated/α-hetero) is 1. The van der Waals surface area contributed by atoms with Gasteiger partial charge in [0.1, 0.15) is 0 Å². The van der Waals surface area contributed by atoms with Crippen molar-refractivity contribution in [3.05, 3.63) is 23.0 Å². The number of aromatic nitrogens is 1. The van der Waals surface area contributed by atoms with E-state index in [0.717, 1.165) is 62.5 Å². The summed E-state index contributed by atoms with van der Waals surface area (Å²) in [6.07, 6.45) is 2.29. The number of hydrogen-bond acceptors (Lipinski definition) is 4. The number of ether oxygens (including phenoxy) is 1. The lowest BCUT2D eigenvalue weighted by molar-refractivity contribution is 0.0710. The number of aliphatic hydroxyl groups excluding tert-OH is 1. The molecule has 1 N–H and O–H groups in total. The van der Waals surface area contributed by atoms with Gasteiger partial charge in [-0.15, -0.1) is 0 Å². The summed E-state index contributed by atoms with van der Waals surface area (Å²) in [5, 5.41) is 9.54. The standard InChI is InChI=1S/C17H28N2O3/c1-13-11-16(14(2)19(13)7-4-10-22-3)17(21)12-18-8-5-15(20)6-9-18/h11,15,20H,4-10,12H2,1-3H3. The van der Waals surface area contributed by atoms with E-state index >= 15 is 0 Å². The molecule has 0 spiro atoms. The zero-order chi connectivity index (χ0) is 16.1. The lowest BCUT2D eigenvalue weighted by Crippen LogP contribution is -2.39. The van der Waals surface area contributed by atoms with Gasteiger partial charge in [0.15, 0.2) is 5.78 Å². The van der Waals surface area contributed by atoms with E-state index in [1.165, 1.54) is 0 Å². The topological polar surface area (TPSA) is 54.7 Å². The fourth-order valence-electron chi connectivity index (χ4n) is 3.16. The predicted molar refractivity (Wildman–Crippen MR) is 86.4 cm³/mol. The van der Waals surface area contributed by atoms with Crippen molar-refractivity contribution < 1.29 is 14.6 Å². The molecule has 0 radical (unpaired) electrons. The largest absolute Gasteiger partial charge is 0.393 e. The van der Waals surface area contributed by atoms with Crippen LogP contribution in [0.1, 0.15) is 41.0 Å². The molecule has 1 aromatic heterocycles. The molecule has 0 unspecified atom stereocenters. The minimum Gasteiger partial charge on any atom is -0.393 e. The van der Waals surface area contributed by atoms with Gasteiger partial charge in [0.25, 0.3) is 0 Å². The van der Waals surface area contributed by atoms with Crippen LogP contribution in [-0.4, -0.2) is 59.8 Å². The maximum absolute atomic E-state index is 12.6. The molecule has 1 aliphatic heterocycles. The first-order chi connectivity index (χ1) is 10.5. The first kappa shape index (κ1) is 17.2. The molecule has 0 saturated carbocycles. The fraction of sp³-hybridized carbons (Fsp3) is 0.706. The molecular weight excluding hydrogens is 280 g/mol. The van der Waals surface area contributed by atoms with Gasteiger partial charge in [-0.1, -0.05) is 0 Å². The Balaban J connectivity index is 1.99. The van der Waals surface area contributed by atoms with Crippen LogP contribution < -0.4 is 0 Å². The Kier molecular flexibility index (Phi) is 6.17. The third-order valence-corrected chi connectivity index (χ3v) is 4.53. The smallest absolute Gasteiger partial charge is 0.178 e. The molecule has 1 aliphatic rings. The Morgan fingerprint density at radius 3 is 2.68 bits per heavy atom. The molecule has 1 saturated heterocycles. The van der Waals surface area contributed by atoms with Crippen LogP contribution in [0.4, 0.5) is 0 Å². The maximum atomic E-state index is 12.6. The van der Waals surface area contributed by atoms with Crippen LogP contribution in [0.3, 0.4) is 0 Å². The highest BCUT2D eigenvalue weighted by atomic mass is 16.5. The summed E-state index contributed by atoms with van der Waals surface area (Å²) in [6, 6.07) is 2.00. The van der Waals surface area contributed by atoms with Crippen LogP contribution in [-0.2, 0) is 11.3 Å². The number of likely N-dealkylation sites (tertiary alicyclic amines) is 1. The monoisotopic (exact) mass is 308 g/mol. The van der Waals surface area contributed by atoms with E-state index in [0.29, 0.717) is 6.54 Å². The normalized spacial score (nSPS) is 17.1. The highest BCUT2D eigenvalue weighted by molar-refractivity contribution is 5.99. The summed E-state index contributed by atoms with van der Waals surface area (Å²) in [5.74, 6) is 0.183. The lowest BCUT2D eigenvalue weighted by Gasteiger charge is -2.28. The van der Waals surface area contributed by atoms with Crippen molar-refractivity contribution in [1.29, 1.82) is 0 Å². The second-order valence-electron chi connectivity index (χ2n) is 6.21. The average Bonchev–Trinajstić information content (AvgIpc) is 2.78. The Morgan fingerprint density at radius 2 is 2.05 bits per heavy atom. The number of nitrogens with zero attached hydrogens (tertiary/aromatic N) is 2. The summed E-state index contributed by atoms with van der Waals surface area (Å²) in [5.41, 5.74) is 3.02. The molecule has 0 atom stereocenters. The van der Waals surface area contributed by atoms with Crippen molar-refractivity contribution in [3.8, 4) is 0 Å². The van der Waals surface area contributed by atoms with Gasteiger partial charge in [-0.2, -0.15) is 0 Å². The third kappa shape index (κ3) is 4.18. The van der Waals surface area contributed by atoms with Crippen LogP contribution in [0.5, 0.6) is 0 Å². The van der Waals surface area contributed by atoms with Crippen LogP contribution in [0.25, 0.3) is 0 Å². The van der Waals surface area contributed by atoms with E-state index in [9.17, 15) is 9.90 Å². The zero-order valence-electron chi connectivity index (χ0n) is 14.0. The molecule has 0 aromatic carbocycles. The highest BCUT2D eigenvalue weighted by Gasteiger charge is 2.22. The summed E-state index contributed by atoms with van der Waals surface area (Å²) < 4.78 is 7.30. The summed E-state index contributed by atoms with van der Waals surface area (Å²) in [6.45, 7) is 7.75. The number of ketones is 1. The number of piperidine rings is 1. The quantitative estimate of drug-likeness (QED) is 0.616. The number of methoxy groups -OCH3 is 1. The zero-order valence-corrected chi connectivity index (χ0v) is 14.0. The predicted octanol–water partition coefficient (Wildman–Crippen LogP) is 1.78. The number of aryl methyl sites for hydroxylation is 1. The molecule has 0 amide bonds. The molecule has 1 fully saturated rings. The Bertz CT molecular complexity index is 502. The maximum Gasteiger partial charge on any atom is 0.178 e. The average molecular weight is 308 g/mol. The molecule has 2 heterocycles. The van der Waals surface area contributed by atoms with E-state index in [4.69, 9.17) is 4.74 Å². The molecule has 1 aromatic rings. The third-order valence-electron chi connectivity index (χ3n) is 4.53. The van der Waals surface area contributed by atoms with Crippen molar-refractivity contribution in [2.45, 2.75) is 45.8 Å². The van der Waals surface area contributed by atoms with Crippen LogP contribution >= 0.6 is 0 Å². The van der Waals surface area contributed by atoms with E-state index in [2.05, 4.69) is 9.47 Å². The van der Waals surface area contributed by atoms with E-state index in [1.54, 1.807) is 7.11 Å². The van der Waals surface area contributed by atoms with E-state index in [-0.39, 0.29) is 11.9 Å². The first-order valence-electron chi connectivity index (χ1n) is 8.12. The summed E-state index contributed by atoms with van der Waals surface area (Å²) in [7, 11) is 1.71. The molecule has 124 valence electrons. The Morgan fingerprint density at radius 1 is 1.36 bits per heavy atom. The van der Waals surface area contributed by atoms with Gasteiger partial charge in [0.2, 0.25) is 0 Å². The van der Waals surface area contributed by atoms with Gasteiger partial charge in [-0.05, 0) is 39.2 Å². The Hall–Kier alpha value is -1.17. The van der Waals surface area contributed by atoms with Crippen molar-refractivity contribution in [1.82, 2.24) is 9.47 Å². The summed E-state index contributed by atoms with van der Waals surface area (Å²) in [4.78, 5) is 14.7. The van der Waals surface area contributed by atoms with Crippen LogP contribution in [0.2, 0.25) is 0 Å². The van der Waals surface area contributed by atoms with Gasteiger partial charge in [-0.3, -0.25) is 9.69 Å². The highest BCUT2D eigenvalue weighted by Crippen LogP contribution is 2.18. The second kappa shape index (κ2) is 7.90. The molecule has 0 bridgehead atoms. The van der Waals surface area contributed by atoms with Gasteiger partial charge in [0, 0.05) is 50.3 Å². The lowest BCUT2D eigenvalue weighted by atomic mass is 10.1. The van der Waals surface area contributed by atoms with Crippen molar-refractivity contribution in [3.63, 3.8) is 0 Å². The van der Waals surface area contributed by atoms with Gasteiger partial charge < -0.3 is 14.4 Å². The van der Waals surface area contributed by atoms with E-state index in [1.807, 2.05) is 19.9 Å². The van der Waals surface area contributed by atoms with Crippen molar-refractivity contribution >= 4 is 5.78 Å².